The predicted octanol–water partition coefficient (Wildman–Crippen LogP) is 1.27. The van der Waals surface area contributed by atoms with Crippen LogP contribution < -0.4 is 11.1 Å². The molecule has 1 aromatic rings. The Morgan fingerprint density at radius 2 is 2.13 bits per heavy atom. The van der Waals surface area contributed by atoms with Crippen LogP contribution >= 0.6 is 0 Å². The van der Waals surface area contributed by atoms with Gasteiger partial charge in [0.05, 0.1) is 6.04 Å². The fourth-order valence-electron chi connectivity index (χ4n) is 1.35. The first-order valence-electron chi connectivity index (χ1n) is 5.09. The molecule has 1 rings (SSSR count). The largest absolute Gasteiger partial charge is 0.368 e. The van der Waals surface area contributed by atoms with E-state index in [4.69, 9.17) is 5.73 Å². The third-order valence-corrected chi connectivity index (χ3v) is 2.53. The van der Waals surface area contributed by atoms with Crippen LogP contribution in [0.15, 0.2) is 18.2 Å². The number of carbonyl (C=O) groups excluding carboxylic acids is 1. The van der Waals surface area contributed by atoms with Gasteiger partial charge >= 0.3 is 0 Å². The molecular weight excluding hydrogens is 188 g/mol. The molecule has 15 heavy (non-hydrogen) atoms. The van der Waals surface area contributed by atoms with Gasteiger partial charge in [0.1, 0.15) is 0 Å². The molecule has 0 heterocycles. The number of rotatable bonds is 4. The second-order valence-corrected chi connectivity index (χ2v) is 3.93. The predicted molar refractivity (Wildman–Crippen MR) is 61.4 cm³/mol. The number of aryl methyl sites for hydroxylation is 2. The molecule has 0 aliphatic carbocycles. The summed E-state index contributed by atoms with van der Waals surface area (Å²) in [6.07, 6.45) is 0. The van der Waals surface area contributed by atoms with E-state index < -0.39 is 0 Å². The standard InChI is InChI=1S/C12H18N2O/c1-8-4-5-9(2)11(6-8)7-14-10(3)12(13)15/h4-6,10,14H,7H2,1-3H3,(H2,13,15). The molecule has 0 radical (unpaired) electrons. The lowest BCUT2D eigenvalue weighted by molar-refractivity contribution is -0.119. The fraction of sp³-hybridized carbons (Fsp3) is 0.417. The van der Waals surface area contributed by atoms with Crippen LogP contribution in [0.2, 0.25) is 0 Å². The van der Waals surface area contributed by atoms with Crippen molar-refractivity contribution in [2.75, 3.05) is 0 Å². The van der Waals surface area contributed by atoms with Gasteiger partial charge in [-0.1, -0.05) is 23.8 Å². The smallest absolute Gasteiger partial charge is 0.234 e. The van der Waals surface area contributed by atoms with Crippen molar-refractivity contribution in [1.82, 2.24) is 5.32 Å². The maximum atomic E-state index is 10.8. The van der Waals surface area contributed by atoms with Crippen molar-refractivity contribution in [2.45, 2.75) is 33.4 Å². The molecular formula is C12H18N2O. The van der Waals surface area contributed by atoms with Gasteiger partial charge in [-0.05, 0) is 31.9 Å². The molecule has 0 saturated carbocycles. The molecule has 0 aliphatic heterocycles. The van der Waals surface area contributed by atoms with Crippen molar-refractivity contribution < 1.29 is 4.79 Å². The van der Waals surface area contributed by atoms with E-state index >= 15 is 0 Å². The van der Waals surface area contributed by atoms with Gasteiger partial charge in [-0.3, -0.25) is 4.79 Å². The first kappa shape index (κ1) is 11.7. The molecule has 0 bridgehead atoms. The van der Waals surface area contributed by atoms with Gasteiger partial charge < -0.3 is 11.1 Å². The summed E-state index contributed by atoms with van der Waals surface area (Å²) in [6, 6.07) is 6.00. The summed E-state index contributed by atoms with van der Waals surface area (Å²) in [5.74, 6) is -0.319. The molecule has 0 aliphatic rings. The summed E-state index contributed by atoms with van der Waals surface area (Å²) in [6.45, 7) is 6.57. The molecule has 1 amide bonds. The van der Waals surface area contributed by atoms with Crippen molar-refractivity contribution in [3.8, 4) is 0 Å². The van der Waals surface area contributed by atoms with E-state index in [0.717, 1.165) is 0 Å². The summed E-state index contributed by atoms with van der Waals surface area (Å²) in [5.41, 5.74) is 8.83. The Labute approximate surface area is 90.7 Å². The Morgan fingerprint density at radius 1 is 1.47 bits per heavy atom. The Kier molecular flexibility index (Phi) is 3.86. The number of primary amides is 1. The van der Waals surface area contributed by atoms with Crippen LogP contribution in [0, 0.1) is 13.8 Å². The van der Waals surface area contributed by atoms with Crippen LogP contribution in [0.25, 0.3) is 0 Å². The maximum absolute atomic E-state index is 10.8. The van der Waals surface area contributed by atoms with Crippen LogP contribution in [0.3, 0.4) is 0 Å². The quantitative estimate of drug-likeness (QED) is 0.779. The Bertz CT molecular complexity index is 361. The SMILES string of the molecule is Cc1ccc(C)c(CNC(C)C(N)=O)c1. The van der Waals surface area contributed by atoms with Gasteiger partial charge in [0, 0.05) is 6.54 Å². The highest BCUT2D eigenvalue weighted by atomic mass is 16.1. The maximum Gasteiger partial charge on any atom is 0.234 e. The van der Waals surface area contributed by atoms with Crippen molar-refractivity contribution in [2.24, 2.45) is 5.73 Å². The number of carbonyl (C=O) groups is 1. The molecule has 3 nitrogen and oxygen atoms in total. The minimum Gasteiger partial charge on any atom is -0.368 e. The third-order valence-electron chi connectivity index (χ3n) is 2.53. The molecule has 0 spiro atoms. The van der Waals surface area contributed by atoms with Crippen LogP contribution in [-0.2, 0) is 11.3 Å². The van der Waals surface area contributed by atoms with Crippen LogP contribution in [0.1, 0.15) is 23.6 Å². The summed E-state index contributed by atoms with van der Waals surface area (Å²) in [5, 5.41) is 3.09. The highest BCUT2D eigenvalue weighted by Crippen LogP contribution is 2.10. The lowest BCUT2D eigenvalue weighted by Crippen LogP contribution is -2.38. The molecule has 1 atom stereocenters. The van der Waals surface area contributed by atoms with Crippen molar-refractivity contribution in [3.05, 3.63) is 34.9 Å². The van der Waals surface area contributed by atoms with Crippen LogP contribution in [0.5, 0.6) is 0 Å². The number of nitrogens with two attached hydrogens (primary N) is 1. The molecule has 82 valence electrons. The van der Waals surface area contributed by atoms with E-state index in [1.807, 2.05) is 0 Å². The zero-order valence-electron chi connectivity index (χ0n) is 9.50. The van der Waals surface area contributed by atoms with Crippen molar-refractivity contribution in [1.29, 1.82) is 0 Å². The van der Waals surface area contributed by atoms with E-state index in [0.29, 0.717) is 6.54 Å². The zero-order chi connectivity index (χ0) is 11.4. The molecule has 0 fully saturated rings. The van der Waals surface area contributed by atoms with Gasteiger partial charge in [0.15, 0.2) is 0 Å². The Balaban J connectivity index is 2.65. The average Bonchev–Trinajstić information content (AvgIpc) is 2.18. The van der Waals surface area contributed by atoms with E-state index in [1.54, 1.807) is 6.92 Å². The molecule has 3 N–H and O–H groups in total. The van der Waals surface area contributed by atoms with Crippen molar-refractivity contribution in [3.63, 3.8) is 0 Å². The molecule has 0 aromatic heterocycles. The van der Waals surface area contributed by atoms with E-state index in [1.165, 1.54) is 16.7 Å². The minimum atomic E-state index is -0.319. The Hall–Kier alpha value is -1.35. The lowest BCUT2D eigenvalue weighted by atomic mass is 10.1. The van der Waals surface area contributed by atoms with Crippen molar-refractivity contribution >= 4 is 5.91 Å². The number of hydrogen-bond donors (Lipinski definition) is 2. The highest BCUT2D eigenvalue weighted by molar-refractivity contribution is 5.79. The molecule has 3 heteroatoms. The van der Waals surface area contributed by atoms with E-state index in [-0.39, 0.29) is 11.9 Å². The van der Waals surface area contributed by atoms with Gasteiger partial charge in [-0.2, -0.15) is 0 Å². The second-order valence-electron chi connectivity index (χ2n) is 3.93. The summed E-state index contributed by atoms with van der Waals surface area (Å²) < 4.78 is 0. The monoisotopic (exact) mass is 206 g/mol. The van der Waals surface area contributed by atoms with Gasteiger partial charge in [-0.25, -0.2) is 0 Å². The molecule has 0 saturated heterocycles. The van der Waals surface area contributed by atoms with Gasteiger partial charge in [0.2, 0.25) is 5.91 Å². The third kappa shape index (κ3) is 3.36. The lowest BCUT2D eigenvalue weighted by Gasteiger charge is -2.12. The molecule has 1 unspecified atom stereocenters. The topological polar surface area (TPSA) is 55.1 Å². The fourth-order valence-corrected chi connectivity index (χ4v) is 1.35. The van der Waals surface area contributed by atoms with Gasteiger partial charge in [0.25, 0.3) is 0 Å². The van der Waals surface area contributed by atoms with E-state index in [2.05, 4.69) is 37.4 Å². The zero-order valence-corrected chi connectivity index (χ0v) is 9.50. The number of benzene rings is 1. The van der Waals surface area contributed by atoms with Crippen LogP contribution in [-0.4, -0.2) is 11.9 Å². The minimum absolute atomic E-state index is 0.287. The summed E-state index contributed by atoms with van der Waals surface area (Å²) >= 11 is 0. The average molecular weight is 206 g/mol. The Morgan fingerprint density at radius 3 is 2.73 bits per heavy atom. The first-order chi connectivity index (χ1) is 7.00. The summed E-state index contributed by atoms with van der Waals surface area (Å²) in [4.78, 5) is 10.8. The molecule has 1 aromatic carbocycles. The van der Waals surface area contributed by atoms with Gasteiger partial charge in [-0.15, -0.1) is 0 Å². The van der Waals surface area contributed by atoms with E-state index in [9.17, 15) is 4.79 Å². The van der Waals surface area contributed by atoms with Crippen LogP contribution in [0.4, 0.5) is 0 Å². The number of nitrogens with one attached hydrogen (secondary N) is 1. The first-order valence-corrected chi connectivity index (χ1v) is 5.09. The second kappa shape index (κ2) is 4.94. The number of amides is 1. The normalized spacial score (nSPS) is 12.5. The highest BCUT2D eigenvalue weighted by Gasteiger charge is 2.07. The summed E-state index contributed by atoms with van der Waals surface area (Å²) in [7, 11) is 0. The number of hydrogen-bond acceptors (Lipinski definition) is 2.